The van der Waals surface area contributed by atoms with Gasteiger partial charge in [0.2, 0.25) is 0 Å². The molecule has 1 aromatic heterocycles. The number of carbonyl (C=O) groups excluding carboxylic acids is 1. The van der Waals surface area contributed by atoms with E-state index in [2.05, 4.69) is 10.4 Å². The Labute approximate surface area is 149 Å². The lowest BCUT2D eigenvalue weighted by molar-refractivity contribution is 0.0902. The van der Waals surface area contributed by atoms with E-state index in [1.165, 1.54) is 6.42 Å². The van der Waals surface area contributed by atoms with Gasteiger partial charge in [-0.3, -0.25) is 4.79 Å². The van der Waals surface area contributed by atoms with E-state index in [1.54, 1.807) is 4.68 Å². The summed E-state index contributed by atoms with van der Waals surface area (Å²) in [4.78, 5) is 12.5. The monoisotopic (exact) mass is 348 g/mol. The molecule has 2 unspecified atom stereocenters. The normalized spacial score (nSPS) is 20.2. The zero-order valence-electron chi connectivity index (χ0n) is 13.9. The summed E-state index contributed by atoms with van der Waals surface area (Å²) in [5, 5.41) is 7.60. The van der Waals surface area contributed by atoms with Crippen LogP contribution in [0, 0.1) is 12.8 Å². The van der Waals surface area contributed by atoms with Gasteiger partial charge in [-0.25, -0.2) is 4.68 Å². The van der Waals surface area contributed by atoms with Crippen molar-refractivity contribution in [2.24, 2.45) is 11.7 Å². The van der Waals surface area contributed by atoms with Crippen molar-refractivity contribution in [2.75, 3.05) is 6.54 Å². The quantitative estimate of drug-likeness (QED) is 0.892. The Balaban J connectivity index is 0.00000208. The third kappa shape index (κ3) is 3.97. The molecule has 5 nitrogen and oxygen atoms in total. The van der Waals surface area contributed by atoms with Gasteiger partial charge in [-0.2, -0.15) is 5.10 Å². The van der Waals surface area contributed by atoms with Crippen LogP contribution >= 0.6 is 12.4 Å². The van der Waals surface area contributed by atoms with Crippen molar-refractivity contribution in [1.82, 2.24) is 15.1 Å². The van der Waals surface area contributed by atoms with Crippen molar-refractivity contribution >= 4 is 18.3 Å². The fraction of sp³-hybridized carbons (Fsp3) is 0.444. The average Bonchev–Trinajstić information content (AvgIpc) is 2.98. The van der Waals surface area contributed by atoms with Gasteiger partial charge in [-0.1, -0.05) is 31.0 Å². The summed E-state index contributed by atoms with van der Waals surface area (Å²) in [5.41, 5.74) is 8.21. The van der Waals surface area contributed by atoms with Gasteiger partial charge in [-0.05, 0) is 50.4 Å². The summed E-state index contributed by atoms with van der Waals surface area (Å²) >= 11 is 0. The third-order valence-corrected chi connectivity index (χ3v) is 4.65. The second-order valence-corrected chi connectivity index (χ2v) is 6.28. The predicted molar refractivity (Wildman–Crippen MR) is 97.8 cm³/mol. The topological polar surface area (TPSA) is 72.9 Å². The molecule has 6 heteroatoms. The van der Waals surface area contributed by atoms with Crippen LogP contribution in [0.25, 0.3) is 5.69 Å². The number of carbonyl (C=O) groups is 1. The van der Waals surface area contributed by atoms with E-state index >= 15 is 0 Å². The molecule has 2 atom stereocenters. The Hall–Kier alpha value is -1.85. The molecular formula is C18H25ClN4O. The van der Waals surface area contributed by atoms with Crippen LogP contribution in [-0.2, 0) is 0 Å². The lowest BCUT2D eigenvalue weighted by Gasteiger charge is -2.31. The molecule has 1 amide bonds. The van der Waals surface area contributed by atoms with Crippen molar-refractivity contribution in [3.8, 4) is 5.69 Å². The molecule has 0 bridgehead atoms. The Kier molecular flexibility index (Phi) is 6.40. The maximum absolute atomic E-state index is 12.5. The largest absolute Gasteiger partial charge is 0.348 e. The minimum Gasteiger partial charge on any atom is -0.348 e. The Morgan fingerprint density at radius 3 is 2.71 bits per heavy atom. The number of nitrogens with two attached hydrogens (primary N) is 1. The number of para-hydroxylation sites is 1. The zero-order chi connectivity index (χ0) is 16.2. The number of aryl methyl sites for hydroxylation is 1. The molecule has 2 aromatic rings. The number of nitrogens with zero attached hydrogens (tertiary/aromatic N) is 2. The SMILES string of the molecule is Cc1cc(C(=O)NC2CCCCC2CN)nn1-c1ccccc1.Cl. The number of rotatable bonds is 4. The first-order valence-electron chi connectivity index (χ1n) is 8.32. The molecule has 1 heterocycles. The summed E-state index contributed by atoms with van der Waals surface area (Å²) in [6.07, 6.45) is 4.46. The molecule has 0 spiro atoms. The van der Waals surface area contributed by atoms with Crippen LogP contribution in [0.5, 0.6) is 0 Å². The van der Waals surface area contributed by atoms with E-state index in [0.717, 1.165) is 30.6 Å². The van der Waals surface area contributed by atoms with Gasteiger partial charge in [0, 0.05) is 11.7 Å². The van der Waals surface area contributed by atoms with Crippen molar-refractivity contribution in [2.45, 2.75) is 38.6 Å². The average molecular weight is 349 g/mol. The molecule has 1 aromatic carbocycles. The number of halogens is 1. The van der Waals surface area contributed by atoms with Crippen molar-refractivity contribution in [3.05, 3.63) is 47.8 Å². The highest BCUT2D eigenvalue weighted by molar-refractivity contribution is 5.92. The molecule has 1 aliphatic rings. The highest BCUT2D eigenvalue weighted by Gasteiger charge is 2.26. The maximum atomic E-state index is 12.5. The van der Waals surface area contributed by atoms with E-state index in [-0.39, 0.29) is 24.4 Å². The van der Waals surface area contributed by atoms with Gasteiger partial charge in [-0.15, -0.1) is 12.4 Å². The highest BCUT2D eigenvalue weighted by atomic mass is 35.5. The number of hydrogen-bond donors (Lipinski definition) is 2. The van der Waals surface area contributed by atoms with E-state index in [4.69, 9.17) is 5.73 Å². The maximum Gasteiger partial charge on any atom is 0.272 e. The first-order chi connectivity index (χ1) is 11.2. The third-order valence-electron chi connectivity index (χ3n) is 4.65. The minimum atomic E-state index is -0.104. The molecule has 1 saturated carbocycles. The summed E-state index contributed by atoms with van der Waals surface area (Å²) in [5.74, 6) is 0.276. The number of nitrogens with one attached hydrogen (secondary N) is 1. The van der Waals surface area contributed by atoms with Crippen molar-refractivity contribution < 1.29 is 4.79 Å². The summed E-state index contributed by atoms with van der Waals surface area (Å²) in [6, 6.07) is 11.9. The number of benzene rings is 1. The Bertz CT molecular complexity index is 671. The van der Waals surface area contributed by atoms with E-state index in [0.29, 0.717) is 18.2 Å². The van der Waals surface area contributed by atoms with Crippen LogP contribution in [0.4, 0.5) is 0 Å². The number of amides is 1. The smallest absolute Gasteiger partial charge is 0.272 e. The molecule has 0 radical (unpaired) electrons. The molecule has 24 heavy (non-hydrogen) atoms. The fourth-order valence-electron chi connectivity index (χ4n) is 3.34. The second-order valence-electron chi connectivity index (χ2n) is 6.28. The van der Waals surface area contributed by atoms with Gasteiger partial charge < -0.3 is 11.1 Å². The van der Waals surface area contributed by atoms with E-state index < -0.39 is 0 Å². The number of hydrogen-bond acceptors (Lipinski definition) is 3. The summed E-state index contributed by atoms with van der Waals surface area (Å²) in [7, 11) is 0. The van der Waals surface area contributed by atoms with Gasteiger partial charge in [0.15, 0.2) is 5.69 Å². The molecule has 3 N–H and O–H groups in total. The predicted octanol–water partition coefficient (Wildman–Crippen LogP) is 2.85. The van der Waals surface area contributed by atoms with Crippen LogP contribution in [0.3, 0.4) is 0 Å². The molecule has 1 aliphatic carbocycles. The summed E-state index contributed by atoms with van der Waals surface area (Å²) in [6.45, 7) is 2.59. The van der Waals surface area contributed by atoms with Gasteiger partial charge in [0.05, 0.1) is 5.69 Å². The molecule has 130 valence electrons. The molecule has 0 saturated heterocycles. The minimum absolute atomic E-state index is 0. The van der Waals surface area contributed by atoms with Gasteiger partial charge >= 0.3 is 0 Å². The van der Waals surface area contributed by atoms with E-state index in [1.807, 2.05) is 43.3 Å². The van der Waals surface area contributed by atoms with Crippen LogP contribution in [0.1, 0.15) is 41.9 Å². The molecule has 0 aliphatic heterocycles. The van der Waals surface area contributed by atoms with Gasteiger partial charge in [0.25, 0.3) is 5.91 Å². The Morgan fingerprint density at radius 2 is 2.00 bits per heavy atom. The van der Waals surface area contributed by atoms with Crippen LogP contribution in [-0.4, -0.2) is 28.3 Å². The fourth-order valence-corrected chi connectivity index (χ4v) is 3.34. The first kappa shape index (κ1) is 18.5. The molecular weight excluding hydrogens is 324 g/mol. The lowest BCUT2D eigenvalue weighted by Crippen LogP contribution is -2.44. The van der Waals surface area contributed by atoms with Crippen LogP contribution in [0.2, 0.25) is 0 Å². The van der Waals surface area contributed by atoms with E-state index in [9.17, 15) is 4.79 Å². The second kappa shape index (κ2) is 8.31. The highest BCUT2D eigenvalue weighted by Crippen LogP contribution is 2.24. The van der Waals surface area contributed by atoms with Crippen molar-refractivity contribution in [3.63, 3.8) is 0 Å². The molecule has 1 fully saturated rings. The zero-order valence-corrected chi connectivity index (χ0v) is 14.8. The van der Waals surface area contributed by atoms with Crippen molar-refractivity contribution in [1.29, 1.82) is 0 Å². The van der Waals surface area contributed by atoms with Gasteiger partial charge in [0.1, 0.15) is 0 Å². The molecule has 3 rings (SSSR count). The van der Waals surface area contributed by atoms with Crippen LogP contribution in [0.15, 0.2) is 36.4 Å². The summed E-state index contributed by atoms with van der Waals surface area (Å²) < 4.78 is 1.80. The van der Waals surface area contributed by atoms with Crippen LogP contribution < -0.4 is 11.1 Å². The standard InChI is InChI=1S/C18H24N4O.ClH/c1-13-11-17(21-22(13)15-8-3-2-4-9-15)18(23)20-16-10-6-5-7-14(16)12-19;/h2-4,8-9,11,14,16H,5-7,10,12,19H2,1H3,(H,20,23);1H. The number of aromatic nitrogens is 2. The lowest BCUT2D eigenvalue weighted by atomic mass is 9.84. The first-order valence-corrected chi connectivity index (χ1v) is 8.32. The Morgan fingerprint density at radius 1 is 1.29 bits per heavy atom.